The highest BCUT2D eigenvalue weighted by molar-refractivity contribution is 5.85. The zero-order valence-electron chi connectivity index (χ0n) is 14.2. The molecule has 0 bridgehead atoms. The first-order valence-corrected chi connectivity index (χ1v) is 7.55. The summed E-state index contributed by atoms with van der Waals surface area (Å²) in [7, 11) is 5.54. The van der Waals surface area contributed by atoms with Crippen LogP contribution in [0, 0.1) is 0 Å². The number of benzene rings is 1. The molecule has 134 valence electrons. The number of hydrogen-bond acceptors (Lipinski definition) is 5. The summed E-state index contributed by atoms with van der Waals surface area (Å²) >= 11 is 0. The largest absolute Gasteiger partial charge is 0.497 e. The molecule has 0 aliphatic carbocycles. The number of rotatable bonds is 7. The van der Waals surface area contributed by atoms with Crippen LogP contribution in [0.15, 0.2) is 18.2 Å². The first-order valence-electron chi connectivity index (χ1n) is 7.55. The lowest BCUT2D eigenvalue weighted by molar-refractivity contribution is 0.201. The number of nitrogens with zero attached hydrogens (tertiary/aromatic N) is 2. The summed E-state index contributed by atoms with van der Waals surface area (Å²) in [5.74, 6) is 1.72. The zero-order valence-corrected chi connectivity index (χ0v) is 15.8. The fourth-order valence-corrected chi connectivity index (χ4v) is 2.60. The Kier molecular flexibility index (Phi) is 11.4. The van der Waals surface area contributed by atoms with E-state index >= 15 is 0 Å². The van der Waals surface area contributed by atoms with Crippen LogP contribution >= 0.6 is 24.8 Å². The fraction of sp³-hybridized carbons (Fsp3) is 0.625. The van der Waals surface area contributed by atoms with Crippen LogP contribution in [-0.4, -0.2) is 70.3 Å². The molecule has 2 rings (SSSR count). The third-order valence-electron chi connectivity index (χ3n) is 3.94. The van der Waals surface area contributed by atoms with Crippen LogP contribution in [0.4, 0.5) is 0 Å². The number of halogens is 2. The van der Waals surface area contributed by atoms with Crippen molar-refractivity contribution >= 4 is 24.8 Å². The smallest absolute Gasteiger partial charge is 0.127 e. The summed E-state index contributed by atoms with van der Waals surface area (Å²) in [6.07, 6.45) is 0. The monoisotopic (exact) mass is 365 g/mol. The number of ether oxygens (including phenoxy) is 2. The highest BCUT2D eigenvalue weighted by Gasteiger charge is 2.12. The van der Waals surface area contributed by atoms with E-state index in [0.29, 0.717) is 0 Å². The number of hydrogen-bond donors (Lipinski definition) is 1. The van der Waals surface area contributed by atoms with Gasteiger partial charge in [-0.3, -0.25) is 4.90 Å². The predicted octanol–water partition coefficient (Wildman–Crippen LogP) is 1.88. The highest BCUT2D eigenvalue weighted by atomic mass is 35.5. The molecule has 1 aromatic rings. The molecule has 0 atom stereocenters. The average molecular weight is 366 g/mol. The normalized spacial score (nSPS) is 14.8. The standard InChI is InChI=1S/C16H27N3O2.2ClH/c1-18(10-11-19-8-6-17-7-9-19)13-14-4-5-15(20-2)12-16(14)21-3;;/h4-5,12,17H,6-11,13H2,1-3H3;2*1H. The van der Waals surface area contributed by atoms with Crippen LogP contribution in [0.25, 0.3) is 0 Å². The van der Waals surface area contributed by atoms with Crippen molar-refractivity contribution in [3.8, 4) is 11.5 Å². The van der Waals surface area contributed by atoms with Crippen LogP contribution in [0.5, 0.6) is 11.5 Å². The molecule has 1 N–H and O–H groups in total. The van der Waals surface area contributed by atoms with Gasteiger partial charge in [0.15, 0.2) is 0 Å². The maximum atomic E-state index is 5.46. The van der Waals surface area contributed by atoms with E-state index in [1.165, 1.54) is 5.56 Å². The highest BCUT2D eigenvalue weighted by Crippen LogP contribution is 2.25. The van der Waals surface area contributed by atoms with Crippen LogP contribution in [-0.2, 0) is 6.54 Å². The summed E-state index contributed by atoms with van der Waals surface area (Å²) < 4.78 is 10.7. The van der Waals surface area contributed by atoms with Gasteiger partial charge in [-0.1, -0.05) is 6.07 Å². The molecular formula is C16H29Cl2N3O2. The maximum Gasteiger partial charge on any atom is 0.127 e. The molecule has 0 unspecified atom stereocenters. The van der Waals surface area contributed by atoms with Crippen molar-refractivity contribution in [2.45, 2.75) is 6.54 Å². The maximum absolute atomic E-state index is 5.46. The van der Waals surface area contributed by atoms with E-state index in [9.17, 15) is 0 Å². The van der Waals surface area contributed by atoms with Gasteiger partial charge in [0, 0.05) is 57.4 Å². The lowest BCUT2D eigenvalue weighted by atomic mass is 10.2. The van der Waals surface area contributed by atoms with Crippen molar-refractivity contribution in [1.29, 1.82) is 0 Å². The van der Waals surface area contributed by atoms with Gasteiger partial charge in [0.1, 0.15) is 11.5 Å². The third kappa shape index (κ3) is 7.14. The molecule has 1 heterocycles. The lowest BCUT2D eigenvalue weighted by Crippen LogP contribution is -2.45. The molecule has 1 fully saturated rings. The molecule has 0 saturated carbocycles. The molecule has 1 saturated heterocycles. The van der Waals surface area contributed by atoms with Crippen molar-refractivity contribution in [1.82, 2.24) is 15.1 Å². The van der Waals surface area contributed by atoms with Crippen molar-refractivity contribution in [2.75, 3.05) is 60.5 Å². The minimum atomic E-state index is 0. The minimum Gasteiger partial charge on any atom is -0.497 e. The Morgan fingerprint density at radius 3 is 2.43 bits per heavy atom. The van der Waals surface area contributed by atoms with Crippen LogP contribution in [0.1, 0.15) is 5.56 Å². The van der Waals surface area contributed by atoms with Gasteiger partial charge in [-0.05, 0) is 13.1 Å². The van der Waals surface area contributed by atoms with E-state index in [2.05, 4.69) is 28.2 Å². The van der Waals surface area contributed by atoms with Gasteiger partial charge in [0.05, 0.1) is 14.2 Å². The van der Waals surface area contributed by atoms with Gasteiger partial charge in [0.2, 0.25) is 0 Å². The van der Waals surface area contributed by atoms with Crippen LogP contribution in [0.2, 0.25) is 0 Å². The Morgan fingerprint density at radius 2 is 1.83 bits per heavy atom. The number of piperazine rings is 1. The van der Waals surface area contributed by atoms with Gasteiger partial charge in [-0.2, -0.15) is 0 Å². The van der Waals surface area contributed by atoms with E-state index in [1.807, 2.05) is 12.1 Å². The van der Waals surface area contributed by atoms with Gasteiger partial charge in [0.25, 0.3) is 0 Å². The molecular weight excluding hydrogens is 337 g/mol. The number of methoxy groups -OCH3 is 2. The molecule has 1 aromatic carbocycles. The summed E-state index contributed by atoms with van der Waals surface area (Å²) in [6, 6.07) is 6.01. The molecule has 0 spiro atoms. The molecule has 1 aliphatic rings. The van der Waals surface area contributed by atoms with E-state index in [4.69, 9.17) is 9.47 Å². The molecule has 5 nitrogen and oxygen atoms in total. The average Bonchev–Trinajstić information content (AvgIpc) is 2.54. The lowest BCUT2D eigenvalue weighted by Gasteiger charge is -2.29. The van der Waals surface area contributed by atoms with Crippen LogP contribution < -0.4 is 14.8 Å². The Bertz CT molecular complexity index is 443. The summed E-state index contributed by atoms with van der Waals surface area (Å²) in [5, 5.41) is 3.38. The van der Waals surface area contributed by atoms with Crippen molar-refractivity contribution < 1.29 is 9.47 Å². The predicted molar refractivity (Wildman–Crippen MR) is 99.7 cm³/mol. The van der Waals surface area contributed by atoms with E-state index < -0.39 is 0 Å². The SMILES string of the molecule is COc1ccc(CN(C)CCN2CCNCC2)c(OC)c1.Cl.Cl. The molecule has 1 aliphatic heterocycles. The molecule has 7 heteroatoms. The van der Waals surface area contributed by atoms with Crippen molar-refractivity contribution in [3.63, 3.8) is 0 Å². The Hall–Kier alpha value is -0.720. The molecule has 0 amide bonds. The van der Waals surface area contributed by atoms with E-state index in [-0.39, 0.29) is 24.8 Å². The zero-order chi connectivity index (χ0) is 15.1. The second-order valence-electron chi connectivity index (χ2n) is 5.51. The fourth-order valence-electron chi connectivity index (χ4n) is 2.60. The second kappa shape index (κ2) is 11.8. The minimum absolute atomic E-state index is 0. The third-order valence-corrected chi connectivity index (χ3v) is 3.94. The van der Waals surface area contributed by atoms with Gasteiger partial charge < -0.3 is 19.7 Å². The summed E-state index contributed by atoms with van der Waals surface area (Å²) in [6.45, 7) is 7.59. The summed E-state index contributed by atoms with van der Waals surface area (Å²) in [5.41, 5.74) is 1.20. The van der Waals surface area contributed by atoms with Gasteiger partial charge in [-0.15, -0.1) is 24.8 Å². The van der Waals surface area contributed by atoms with Crippen LogP contribution in [0.3, 0.4) is 0 Å². The Morgan fingerprint density at radius 1 is 1.13 bits per heavy atom. The Labute approximate surface area is 152 Å². The van der Waals surface area contributed by atoms with Crippen molar-refractivity contribution in [3.05, 3.63) is 23.8 Å². The Balaban J connectivity index is 0.00000242. The topological polar surface area (TPSA) is 37.0 Å². The van der Waals surface area contributed by atoms with E-state index in [1.54, 1.807) is 14.2 Å². The van der Waals surface area contributed by atoms with Gasteiger partial charge >= 0.3 is 0 Å². The summed E-state index contributed by atoms with van der Waals surface area (Å²) in [4.78, 5) is 4.85. The number of likely N-dealkylation sites (N-methyl/N-ethyl adjacent to an activating group) is 1. The van der Waals surface area contributed by atoms with Gasteiger partial charge in [-0.25, -0.2) is 0 Å². The molecule has 0 radical (unpaired) electrons. The van der Waals surface area contributed by atoms with Crippen molar-refractivity contribution in [2.24, 2.45) is 0 Å². The second-order valence-corrected chi connectivity index (χ2v) is 5.51. The quantitative estimate of drug-likeness (QED) is 0.798. The first kappa shape index (κ1) is 22.3. The molecule has 23 heavy (non-hydrogen) atoms. The first-order chi connectivity index (χ1) is 10.2. The number of nitrogens with one attached hydrogen (secondary N) is 1. The molecule has 0 aromatic heterocycles. The van der Waals surface area contributed by atoms with E-state index in [0.717, 1.165) is 57.3 Å².